The average Bonchev–Trinajstić information content (AvgIpc) is 3.29. The predicted molar refractivity (Wildman–Crippen MR) is 97.4 cm³/mol. The number of anilines is 1. The van der Waals surface area contributed by atoms with E-state index in [-0.39, 0.29) is 11.6 Å². The molecule has 1 amide bonds. The van der Waals surface area contributed by atoms with Crippen molar-refractivity contribution in [2.75, 3.05) is 18.2 Å². The molecule has 0 aliphatic rings. The first-order valence-electron chi connectivity index (χ1n) is 7.58. The maximum absolute atomic E-state index is 12.3. The molecule has 7 nitrogen and oxygen atoms in total. The molecule has 0 saturated carbocycles. The molecule has 0 fully saturated rings. The number of nitrogens with one attached hydrogen (secondary N) is 1. The zero-order valence-corrected chi connectivity index (χ0v) is 15.3. The molecule has 2 aromatic heterocycles. The van der Waals surface area contributed by atoms with Crippen LogP contribution in [-0.2, 0) is 0 Å². The molecule has 0 radical (unpaired) electrons. The minimum Gasteiger partial charge on any atom is -0.497 e. The smallest absolute Gasteiger partial charge is 0.279 e. The maximum atomic E-state index is 12.3. The number of hydrogen-bond acceptors (Lipinski definition) is 8. The molecule has 3 aromatic rings. The van der Waals surface area contributed by atoms with Crippen LogP contribution in [-0.4, -0.2) is 34.1 Å². The van der Waals surface area contributed by atoms with Gasteiger partial charge in [0.15, 0.2) is 15.8 Å². The maximum Gasteiger partial charge on any atom is 0.279 e. The fraction of sp³-hybridized carbons (Fsp3) is 0.250. The molecule has 0 unspecified atom stereocenters. The number of benzene rings is 1. The van der Waals surface area contributed by atoms with Crippen LogP contribution in [0.25, 0.3) is 11.3 Å². The van der Waals surface area contributed by atoms with Crippen molar-refractivity contribution in [2.45, 2.75) is 17.7 Å². The Morgan fingerprint density at radius 1 is 1.32 bits per heavy atom. The second kappa shape index (κ2) is 8.13. The first kappa shape index (κ1) is 17.4. The van der Waals surface area contributed by atoms with Crippen molar-refractivity contribution in [2.24, 2.45) is 0 Å². The van der Waals surface area contributed by atoms with Gasteiger partial charge in [-0.3, -0.25) is 10.1 Å². The number of rotatable bonds is 7. The second-order valence-electron chi connectivity index (χ2n) is 4.98. The number of amides is 1. The zero-order valence-electron chi connectivity index (χ0n) is 13.7. The summed E-state index contributed by atoms with van der Waals surface area (Å²) in [6, 6.07) is 8.89. The quantitative estimate of drug-likeness (QED) is 0.493. The minimum absolute atomic E-state index is 0.184. The summed E-state index contributed by atoms with van der Waals surface area (Å²) in [4.78, 5) is 12.3. The third kappa shape index (κ3) is 4.37. The van der Waals surface area contributed by atoms with Gasteiger partial charge < -0.3 is 9.26 Å². The Morgan fingerprint density at radius 3 is 2.84 bits per heavy atom. The summed E-state index contributed by atoms with van der Waals surface area (Å²) in [5.41, 5.74) is 0.991. The van der Waals surface area contributed by atoms with Crippen LogP contribution < -0.4 is 10.1 Å². The predicted octanol–water partition coefficient (Wildman–Crippen LogP) is 3.96. The van der Waals surface area contributed by atoms with E-state index in [0.717, 1.165) is 27.8 Å². The molecule has 9 heteroatoms. The first-order valence-corrected chi connectivity index (χ1v) is 9.38. The van der Waals surface area contributed by atoms with E-state index in [4.69, 9.17) is 9.26 Å². The van der Waals surface area contributed by atoms with Crippen LogP contribution in [0, 0.1) is 0 Å². The summed E-state index contributed by atoms with van der Waals surface area (Å²) in [5.74, 6) is 1.84. The van der Waals surface area contributed by atoms with E-state index in [1.54, 1.807) is 24.9 Å². The summed E-state index contributed by atoms with van der Waals surface area (Å²) in [6.45, 7) is 2.10. The van der Waals surface area contributed by atoms with Gasteiger partial charge in [-0.2, -0.15) is 0 Å². The Bertz CT molecular complexity index is 845. The summed E-state index contributed by atoms with van der Waals surface area (Å²) in [7, 11) is 1.60. The largest absolute Gasteiger partial charge is 0.497 e. The summed E-state index contributed by atoms with van der Waals surface area (Å²) in [5, 5.41) is 14.9. The number of thioether (sulfide) groups is 1. The second-order valence-corrected chi connectivity index (χ2v) is 7.30. The highest BCUT2D eigenvalue weighted by Crippen LogP contribution is 2.27. The third-order valence-corrected chi connectivity index (χ3v) is 5.35. The van der Waals surface area contributed by atoms with Crippen LogP contribution in [0.4, 0.5) is 5.13 Å². The number of ether oxygens (including phenoxy) is 1. The van der Waals surface area contributed by atoms with Gasteiger partial charge in [0.2, 0.25) is 5.13 Å². The topological polar surface area (TPSA) is 90.1 Å². The van der Waals surface area contributed by atoms with E-state index in [1.807, 2.05) is 24.3 Å². The molecule has 2 heterocycles. The molecule has 0 spiro atoms. The van der Waals surface area contributed by atoms with E-state index in [9.17, 15) is 4.79 Å². The van der Waals surface area contributed by atoms with Gasteiger partial charge in [-0.25, -0.2) is 0 Å². The molecular weight excluding hydrogens is 360 g/mol. The average molecular weight is 376 g/mol. The molecule has 130 valence electrons. The van der Waals surface area contributed by atoms with E-state index in [0.29, 0.717) is 10.9 Å². The summed E-state index contributed by atoms with van der Waals surface area (Å²) in [6.07, 6.45) is 1.05. The molecular formula is C16H16N4O3S2. The molecule has 3 rings (SSSR count). The van der Waals surface area contributed by atoms with E-state index >= 15 is 0 Å². The number of carbonyl (C=O) groups excluding carboxylic acids is 1. The van der Waals surface area contributed by atoms with Gasteiger partial charge in [0.05, 0.1) is 7.11 Å². The molecule has 1 N–H and O–H groups in total. The standard InChI is InChI=1S/C16H16N4O3S2/c1-3-8-24-16-19-18-15(25-16)17-14(21)12-9-13(23-20-12)10-4-6-11(22-2)7-5-10/h4-7,9H,3,8H2,1-2H3,(H,17,18,21). The lowest BCUT2D eigenvalue weighted by molar-refractivity contribution is 0.101. The summed E-state index contributed by atoms with van der Waals surface area (Å²) >= 11 is 2.96. The van der Waals surface area contributed by atoms with Crippen LogP contribution in [0.2, 0.25) is 0 Å². The Hall–Kier alpha value is -2.39. The Kier molecular flexibility index (Phi) is 5.67. The highest BCUT2D eigenvalue weighted by molar-refractivity contribution is 8.01. The highest BCUT2D eigenvalue weighted by atomic mass is 32.2. The van der Waals surface area contributed by atoms with Gasteiger partial charge in [-0.15, -0.1) is 10.2 Å². The number of methoxy groups -OCH3 is 1. The fourth-order valence-electron chi connectivity index (χ4n) is 1.94. The van der Waals surface area contributed by atoms with E-state index < -0.39 is 0 Å². The van der Waals surface area contributed by atoms with Crippen molar-refractivity contribution in [3.05, 3.63) is 36.0 Å². The lowest BCUT2D eigenvalue weighted by Gasteiger charge is -1.99. The van der Waals surface area contributed by atoms with Crippen molar-refractivity contribution in [3.63, 3.8) is 0 Å². The zero-order chi connectivity index (χ0) is 17.6. The van der Waals surface area contributed by atoms with Crippen LogP contribution in [0.15, 0.2) is 39.2 Å². The van der Waals surface area contributed by atoms with Gasteiger partial charge in [-0.05, 0) is 30.7 Å². The number of nitrogens with zero attached hydrogens (tertiary/aromatic N) is 3. The third-order valence-electron chi connectivity index (χ3n) is 3.17. The van der Waals surface area contributed by atoms with Crippen LogP contribution in [0.1, 0.15) is 23.8 Å². The van der Waals surface area contributed by atoms with Crippen LogP contribution in [0.3, 0.4) is 0 Å². The lowest BCUT2D eigenvalue weighted by Crippen LogP contribution is -2.11. The first-order chi connectivity index (χ1) is 12.2. The summed E-state index contributed by atoms with van der Waals surface area (Å²) < 4.78 is 11.2. The van der Waals surface area contributed by atoms with E-state index in [2.05, 4.69) is 27.6 Å². The SMILES string of the molecule is CCCSc1nnc(NC(=O)c2cc(-c3ccc(OC)cc3)on2)s1. The Balaban J connectivity index is 1.66. The van der Waals surface area contributed by atoms with Gasteiger partial charge in [-0.1, -0.05) is 35.2 Å². The van der Waals surface area contributed by atoms with Crippen molar-refractivity contribution in [3.8, 4) is 17.1 Å². The molecule has 0 aliphatic carbocycles. The van der Waals surface area contributed by atoms with Gasteiger partial charge in [0.25, 0.3) is 5.91 Å². The van der Waals surface area contributed by atoms with Gasteiger partial charge >= 0.3 is 0 Å². The molecule has 1 aromatic carbocycles. The molecule has 25 heavy (non-hydrogen) atoms. The van der Waals surface area contributed by atoms with Gasteiger partial charge in [0.1, 0.15) is 5.75 Å². The fourth-order valence-corrected chi connectivity index (χ4v) is 3.61. The molecule has 0 bridgehead atoms. The number of carbonyl (C=O) groups is 1. The van der Waals surface area contributed by atoms with Gasteiger partial charge in [0, 0.05) is 17.4 Å². The van der Waals surface area contributed by atoms with Crippen molar-refractivity contribution in [1.82, 2.24) is 15.4 Å². The normalized spacial score (nSPS) is 10.6. The number of hydrogen-bond donors (Lipinski definition) is 1. The van der Waals surface area contributed by atoms with E-state index in [1.165, 1.54) is 11.3 Å². The lowest BCUT2D eigenvalue weighted by atomic mass is 10.1. The van der Waals surface area contributed by atoms with Crippen molar-refractivity contribution in [1.29, 1.82) is 0 Å². The molecule has 0 saturated heterocycles. The monoisotopic (exact) mass is 376 g/mol. The molecule has 0 atom stereocenters. The number of aromatic nitrogens is 3. The van der Waals surface area contributed by atoms with Crippen molar-refractivity contribution < 1.29 is 14.1 Å². The minimum atomic E-state index is -0.383. The van der Waals surface area contributed by atoms with Crippen molar-refractivity contribution >= 4 is 34.1 Å². The Morgan fingerprint density at radius 2 is 2.12 bits per heavy atom. The molecule has 0 aliphatic heterocycles. The van der Waals surface area contributed by atoms with Crippen LogP contribution in [0.5, 0.6) is 5.75 Å². The van der Waals surface area contributed by atoms with Crippen LogP contribution >= 0.6 is 23.1 Å². The Labute approximate surface area is 152 Å². The highest BCUT2D eigenvalue weighted by Gasteiger charge is 2.16.